The molecule has 1 amide bonds. The topological polar surface area (TPSA) is 49.8 Å². The van der Waals surface area contributed by atoms with Gasteiger partial charge in [-0.25, -0.2) is 4.39 Å². The average Bonchev–Trinajstić information content (AvgIpc) is 2.39. The zero-order valence-corrected chi connectivity index (χ0v) is 11.8. The molecule has 110 valence electrons. The fourth-order valence-electron chi connectivity index (χ4n) is 2.45. The van der Waals surface area contributed by atoms with Gasteiger partial charge in [-0.15, -0.1) is 0 Å². The molecule has 5 heteroatoms. The van der Waals surface area contributed by atoms with Crippen LogP contribution in [0, 0.1) is 5.82 Å². The highest BCUT2D eigenvalue weighted by molar-refractivity contribution is 5.81. The van der Waals surface area contributed by atoms with E-state index in [1.807, 2.05) is 0 Å². The molecule has 2 atom stereocenters. The van der Waals surface area contributed by atoms with Gasteiger partial charge >= 0.3 is 0 Å². The Morgan fingerprint density at radius 2 is 2.20 bits per heavy atom. The molecule has 0 aliphatic carbocycles. The van der Waals surface area contributed by atoms with Crippen LogP contribution in [0.2, 0.25) is 0 Å². The number of ether oxygens (including phenoxy) is 1. The lowest BCUT2D eigenvalue weighted by Crippen LogP contribution is -2.51. The van der Waals surface area contributed by atoms with Crippen molar-refractivity contribution < 1.29 is 19.0 Å². The molecule has 1 aliphatic rings. The number of β-amino-alcohol motifs (C(OH)–C–C–N with tert-alkyl or cyclic N) is 1. The Morgan fingerprint density at radius 3 is 2.85 bits per heavy atom. The maximum atomic E-state index is 13.5. The van der Waals surface area contributed by atoms with E-state index in [1.165, 1.54) is 12.1 Å². The SMILES string of the molecule is CC(Oc1ccccc1F)C(=O)N1CCCC(C)(O)C1. The molecular weight excluding hydrogens is 261 g/mol. The fourth-order valence-corrected chi connectivity index (χ4v) is 2.45. The molecule has 1 aromatic carbocycles. The zero-order valence-electron chi connectivity index (χ0n) is 11.8. The number of nitrogens with zero attached hydrogens (tertiary/aromatic N) is 1. The van der Waals surface area contributed by atoms with Crippen molar-refractivity contribution in [1.29, 1.82) is 0 Å². The largest absolute Gasteiger partial charge is 0.478 e. The molecule has 0 aromatic heterocycles. The Labute approximate surface area is 118 Å². The molecule has 1 saturated heterocycles. The number of hydrogen-bond donors (Lipinski definition) is 1. The molecule has 1 aliphatic heterocycles. The van der Waals surface area contributed by atoms with Gasteiger partial charge in [0.2, 0.25) is 0 Å². The molecular formula is C15H20FNO3. The maximum absolute atomic E-state index is 13.5. The van der Waals surface area contributed by atoms with Crippen molar-refractivity contribution in [3.05, 3.63) is 30.1 Å². The predicted molar refractivity (Wildman–Crippen MR) is 72.9 cm³/mol. The number of aliphatic hydroxyl groups is 1. The van der Waals surface area contributed by atoms with Gasteiger partial charge in [-0.3, -0.25) is 4.79 Å². The van der Waals surface area contributed by atoms with E-state index in [0.717, 1.165) is 6.42 Å². The van der Waals surface area contributed by atoms with E-state index in [2.05, 4.69) is 0 Å². The van der Waals surface area contributed by atoms with Gasteiger partial charge in [0.15, 0.2) is 17.7 Å². The number of para-hydroxylation sites is 1. The van der Waals surface area contributed by atoms with Crippen LogP contribution >= 0.6 is 0 Å². The lowest BCUT2D eigenvalue weighted by atomic mass is 9.95. The van der Waals surface area contributed by atoms with Crippen molar-refractivity contribution in [2.75, 3.05) is 13.1 Å². The maximum Gasteiger partial charge on any atom is 0.263 e. The summed E-state index contributed by atoms with van der Waals surface area (Å²) in [5.74, 6) is -0.650. The van der Waals surface area contributed by atoms with Gasteiger partial charge in [-0.05, 0) is 38.8 Å². The molecule has 0 bridgehead atoms. The van der Waals surface area contributed by atoms with E-state index in [9.17, 15) is 14.3 Å². The molecule has 1 heterocycles. The smallest absolute Gasteiger partial charge is 0.263 e. The van der Waals surface area contributed by atoms with E-state index in [1.54, 1.807) is 30.9 Å². The number of carbonyl (C=O) groups is 1. The second-order valence-electron chi connectivity index (χ2n) is 5.55. The summed E-state index contributed by atoms with van der Waals surface area (Å²) in [6.45, 7) is 4.20. The number of piperidine rings is 1. The van der Waals surface area contributed by atoms with Gasteiger partial charge in [0.05, 0.1) is 5.60 Å². The minimum atomic E-state index is -0.856. The highest BCUT2D eigenvalue weighted by Gasteiger charge is 2.33. The second-order valence-corrected chi connectivity index (χ2v) is 5.55. The quantitative estimate of drug-likeness (QED) is 0.921. The van der Waals surface area contributed by atoms with E-state index in [-0.39, 0.29) is 18.2 Å². The predicted octanol–water partition coefficient (Wildman–Crippen LogP) is 1.97. The van der Waals surface area contributed by atoms with Crippen LogP contribution in [-0.2, 0) is 4.79 Å². The van der Waals surface area contributed by atoms with E-state index in [4.69, 9.17) is 4.74 Å². The molecule has 0 radical (unpaired) electrons. The van der Waals surface area contributed by atoms with Crippen LogP contribution in [0.5, 0.6) is 5.75 Å². The fraction of sp³-hybridized carbons (Fsp3) is 0.533. The van der Waals surface area contributed by atoms with Crippen LogP contribution in [0.3, 0.4) is 0 Å². The number of hydrogen-bond acceptors (Lipinski definition) is 3. The van der Waals surface area contributed by atoms with Crippen molar-refractivity contribution in [3.8, 4) is 5.75 Å². The average molecular weight is 281 g/mol. The third-order valence-electron chi connectivity index (χ3n) is 3.47. The lowest BCUT2D eigenvalue weighted by molar-refractivity contribution is -0.144. The van der Waals surface area contributed by atoms with Gasteiger partial charge < -0.3 is 14.7 Å². The number of likely N-dealkylation sites (tertiary alicyclic amines) is 1. The normalized spacial score (nSPS) is 24.3. The van der Waals surface area contributed by atoms with Crippen LogP contribution in [0.1, 0.15) is 26.7 Å². The third kappa shape index (κ3) is 3.48. The molecule has 1 N–H and O–H groups in total. The summed E-state index contributed by atoms with van der Waals surface area (Å²) in [5, 5.41) is 10.0. The van der Waals surface area contributed by atoms with E-state index >= 15 is 0 Å². The Morgan fingerprint density at radius 1 is 1.50 bits per heavy atom. The number of halogens is 1. The van der Waals surface area contributed by atoms with Crippen LogP contribution in [0.25, 0.3) is 0 Å². The Kier molecular flexibility index (Phi) is 4.28. The summed E-state index contributed by atoms with van der Waals surface area (Å²) < 4.78 is 18.9. The van der Waals surface area contributed by atoms with Crippen molar-refractivity contribution in [2.45, 2.75) is 38.4 Å². The number of rotatable bonds is 3. The second kappa shape index (κ2) is 5.79. The summed E-state index contributed by atoms with van der Waals surface area (Å²) in [4.78, 5) is 13.8. The van der Waals surface area contributed by atoms with Gasteiger partial charge in [0.1, 0.15) is 0 Å². The first kappa shape index (κ1) is 14.8. The zero-order chi connectivity index (χ0) is 14.8. The highest BCUT2D eigenvalue weighted by atomic mass is 19.1. The third-order valence-corrected chi connectivity index (χ3v) is 3.47. The highest BCUT2D eigenvalue weighted by Crippen LogP contribution is 2.22. The molecule has 2 rings (SSSR count). The Balaban J connectivity index is 2.00. The van der Waals surface area contributed by atoms with Crippen molar-refractivity contribution >= 4 is 5.91 Å². The molecule has 2 unspecified atom stereocenters. The minimum absolute atomic E-state index is 0.0668. The van der Waals surface area contributed by atoms with Crippen LogP contribution in [0.15, 0.2) is 24.3 Å². The first-order valence-electron chi connectivity index (χ1n) is 6.81. The van der Waals surface area contributed by atoms with Crippen molar-refractivity contribution in [1.82, 2.24) is 4.90 Å². The van der Waals surface area contributed by atoms with Gasteiger partial charge in [0.25, 0.3) is 5.91 Å². The molecule has 4 nitrogen and oxygen atoms in total. The molecule has 0 spiro atoms. The van der Waals surface area contributed by atoms with Crippen LogP contribution in [-0.4, -0.2) is 40.7 Å². The summed E-state index contributed by atoms with van der Waals surface area (Å²) in [5.41, 5.74) is -0.856. The van der Waals surface area contributed by atoms with Gasteiger partial charge in [-0.2, -0.15) is 0 Å². The van der Waals surface area contributed by atoms with Crippen molar-refractivity contribution in [3.63, 3.8) is 0 Å². The standard InChI is InChI=1S/C15H20FNO3/c1-11(20-13-7-4-3-6-12(13)16)14(18)17-9-5-8-15(2,19)10-17/h3-4,6-7,11,19H,5,8-10H2,1-2H3. The van der Waals surface area contributed by atoms with E-state index in [0.29, 0.717) is 13.0 Å². The first-order chi connectivity index (χ1) is 9.39. The first-order valence-corrected chi connectivity index (χ1v) is 6.81. The lowest BCUT2D eigenvalue weighted by Gasteiger charge is -2.37. The van der Waals surface area contributed by atoms with E-state index < -0.39 is 17.5 Å². The number of amides is 1. The summed E-state index contributed by atoms with van der Waals surface area (Å²) in [6, 6.07) is 6.00. The molecule has 1 fully saturated rings. The Bertz CT molecular complexity index is 490. The molecule has 0 saturated carbocycles. The van der Waals surface area contributed by atoms with Crippen LogP contribution in [0.4, 0.5) is 4.39 Å². The summed E-state index contributed by atoms with van der Waals surface area (Å²) in [6.07, 6.45) is 0.658. The minimum Gasteiger partial charge on any atom is -0.478 e. The molecule has 1 aromatic rings. The molecule has 20 heavy (non-hydrogen) atoms. The van der Waals surface area contributed by atoms with Crippen LogP contribution < -0.4 is 4.74 Å². The summed E-state index contributed by atoms with van der Waals surface area (Å²) >= 11 is 0. The number of benzene rings is 1. The van der Waals surface area contributed by atoms with Gasteiger partial charge in [-0.1, -0.05) is 12.1 Å². The number of carbonyl (C=O) groups excluding carboxylic acids is 1. The summed E-state index contributed by atoms with van der Waals surface area (Å²) in [7, 11) is 0. The Hall–Kier alpha value is -1.62. The van der Waals surface area contributed by atoms with Crippen molar-refractivity contribution in [2.24, 2.45) is 0 Å². The monoisotopic (exact) mass is 281 g/mol. The van der Waals surface area contributed by atoms with Gasteiger partial charge in [0, 0.05) is 13.1 Å².